The number of hydrogen-bond donors (Lipinski definition) is 0. The summed E-state index contributed by atoms with van der Waals surface area (Å²) in [6.07, 6.45) is 4.24. The Morgan fingerprint density at radius 3 is 2.76 bits per heavy atom. The molecule has 0 amide bonds. The number of non-ortho nitro benzene ring substituents is 1. The van der Waals surface area contributed by atoms with Crippen LogP contribution in [0.25, 0.3) is 5.57 Å². The minimum Gasteiger partial charge on any atom is -0.328 e. The van der Waals surface area contributed by atoms with E-state index in [1.54, 1.807) is 24.4 Å². The van der Waals surface area contributed by atoms with Gasteiger partial charge >= 0.3 is 0 Å². The van der Waals surface area contributed by atoms with Crippen molar-refractivity contribution >= 4 is 17.1 Å². The Balaban J connectivity index is 1.46. The van der Waals surface area contributed by atoms with Crippen molar-refractivity contribution in [1.29, 1.82) is 5.26 Å². The minimum absolute atomic E-state index is 0.0407. The number of benzene rings is 2. The number of hydrogen-bond acceptors (Lipinski definition) is 6. The summed E-state index contributed by atoms with van der Waals surface area (Å²) in [4.78, 5) is 19.3. The second-order valence-corrected chi connectivity index (χ2v) is 8.07. The van der Waals surface area contributed by atoms with E-state index >= 15 is 0 Å². The molecule has 0 radical (unpaired) electrons. The van der Waals surface area contributed by atoms with Gasteiger partial charge in [-0.25, -0.2) is 4.98 Å². The molecule has 0 aliphatic carbocycles. The van der Waals surface area contributed by atoms with Crippen LogP contribution in [-0.4, -0.2) is 27.9 Å². The lowest BCUT2D eigenvalue weighted by molar-refractivity contribution is -0.384. The van der Waals surface area contributed by atoms with Crippen molar-refractivity contribution in [1.82, 2.24) is 9.88 Å². The standard InChI is InChI=1S/C26H21N5O2/c27-14-20-3-1-4-21(13-20)15-29-12-10-24-22(17-29)18-30(26-25(24)5-2-11-28-26)16-19-6-8-23(9-7-19)31(32)33/h1-11,13,18H,12,15-17H2/i18D. The lowest BCUT2D eigenvalue weighted by Gasteiger charge is -2.35. The van der Waals surface area contributed by atoms with Crippen molar-refractivity contribution in [2.45, 2.75) is 13.1 Å². The van der Waals surface area contributed by atoms with Gasteiger partial charge in [0.1, 0.15) is 5.82 Å². The van der Waals surface area contributed by atoms with Gasteiger partial charge < -0.3 is 4.90 Å². The number of nitro benzene ring substituents is 1. The number of fused-ring (bicyclic) bond motifs is 3. The Morgan fingerprint density at radius 1 is 1.12 bits per heavy atom. The highest BCUT2D eigenvalue weighted by molar-refractivity contribution is 5.89. The summed E-state index contributed by atoms with van der Waals surface area (Å²) < 4.78 is 9.03. The van der Waals surface area contributed by atoms with Crippen molar-refractivity contribution in [3.8, 4) is 6.07 Å². The van der Waals surface area contributed by atoms with E-state index in [0.29, 0.717) is 31.4 Å². The van der Waals surface area contributed by atoms with Gasteiger partial charge in [0.2, 0.25) is 0 Å². The number of pyridine rings is 1. The first kappa shape index (κ1) is 19.4. The topological polar surface area (TPSA) is 86.3 Å². The number of aromatic nitrogens is 1. The van der Waals surface area contributed by atoms with E-state index < -0.39 is 4.92 Å². The summed E-state index contributed by atoms with van der Waals surface area (Å²) in [5, 5.41) is 20.2. The molecule has 2 aliphatic rings. The van der Waals surface area contributed by atoms with E-state index in [2.05, 4.69) is 22.0 Å². The van der Waals surface area contributed by atoms with Crippen LogP contribution in [-0.2, 0) is 13.1 Å². The van der Waals surface area contributed by atoms with Crippen molar-refractivity contribution in [2.75, 3.05) is 18.0 Å². The first-order valence-corrected chi connectivity index (χ1v) is 10.6. The zero-order valence-electron chi connectivity index (χ0n) is 18.8. The van der Waals surface area contributed by atoms with Crippen LogP contribution < -0.4 is 4.90 Å². The molecule has 0 saturated heterocycles. The summed E-state index contributed by atoms with van der Waals surface area (Å²) in [5.74, 6) is 0.719. The Hall–Kier alpha value is -4.28. The number of nitrogens with zero attached hydrogens (tertiary/aromatic N) is 5. The predicted octanol–water partition coefficient (Wildman–Crippen LogP) is 4.66. The molecule has 33 heavy (non-hydrogen) atoms. The molecule has 0 saturated carbocycles. The summed E-state index contributed by atoms with van der Waals surface area (Å²) >= 11 is 0. The zero-order valence-corrected chi connectivity index (χ0v) is 17.8. The van der Waals surface area contributed by atoms with Crippen LogP contribution >= 0.6 is 0 Å². The molecule has 0 bridgehead atoms. The zero-order chi connectivity index (χ0) is 23.7. The first-order chi connectivity index (χ1) is 16.5. The second kappa shape index (κ2) is 8.69. The molecule has 1 aromatic heterocycles. The molecule has 0 atom stereocenters. The smallest absolute Gasteiger partial charge is 0.269 e. The molecule has 2 aromatic carbocycles. The third-order valence-electron chi connectivity index (χ3n) is 5.81. The molecule has 5 rings (SSSR count). The van der Waals surface area contributed by atoms with E-state index in [-0.39, 0.29) is 5.69 Å². The van der Waals surface area contributed by atoms with Gasteiger partial charge in [-0.2, -0.15) is 5.26 Å². The molecule has 0 N–H and O–H groups in total. The number of anilines is 1. The second-order valence-electron chi connectivity index (χ2n) is 8.07. The van der Waals surface area contributed by atoms with Crippen LogP contribution in [0.2, 0.25) is 0 Å². The highest BCUT2D eigenvalue weighted by Crippen LogP contribution is 2.38. The van der Waals surface area contributed by atoms with Crippen LogP contribution in [0.3, 0.4) is 0 Å². The Labute approximate surface area is 193 Å². The number of nitro groups is 1. The lowest BCUT2D eigenvalue weighted by Crippen LogP contribution is -2.33. The van der Waals surface area contributed by atoms with Gasteiger partial charge in [-0.3, -0.25) is 15.0 Å². The molecule has 7 nitrogen and oxygen atoms in total. The molecule has 162 valence electrons. The van der Waals surface area contributed by atoms with Gasteiger partial charge in [-0.15, -0.1) is 0 Å². The van der Waals surface area contributed by atoms with Crippen LogP contribution in [0.5, 0.6) is 0 Å². The van der Waals surface area contributed by atoms with E-state index in [1.807, 2.05) is 35.2 Å². The predicted molar refractivity (Wildman–Crippen MR) is 126 cm³/mol. The summed E-state index contributed by atoms with van der Waals surface area (Å²) in [7, 11) is 0. The summed E-state index contributed by atoms with van der Waals surface area (Å²) in [6.45, 7) is 2.41. The van der Waals surface area contributed by atoms with Crippen molar-refractivity contribution in [3.05, 3.63) is 117 Å². The Morgan fingerprint density at radius 2 is 1.97 bits per heavy atom. The normalized spacial score (nSPS) is 15.8. The Kier molecular flexibility index (Phi) is 5.11. The van der Waals surface area contributed by atoms with Crippen molar-refractivity contribution in [2.24, 2.45) is 0 Å². The molecule has 3 heterocycles. The molecule has 0 fully saturated rings. The minimum atomic E-state index is -0.417. The largest absolute Gasteiger partial charge is 0.328 e. The highest BCUT2D eigenvalue weighted by atomic mass is 16.6. The molecule has 2 aliphatic heterocycles. The first-order valence-electron chi connectivity index (χ1n) is 11.1. The molecular weight excluding hydrogens is 414 g/mol. The van der Waals surface area contributed by atoms with Crippen molar-refractivity contribution < 1.29 is 6.29 Å². The van der Waals surface area contributed by atoms with Crippen LogP contribution in [0, 0.1) is 21.4 Å². The van der Waals surface area contributed by atoms with Crippen LogP contribution in [0.15, 0.2) is 84.7 Å². The number of rotatable bonds is 5. The Bertz CT molecular complexity index is 1370. The summed E-state index contributed by atoms with van der Waals surface area (Å²) in [5.41, 5.74) is 5.54. The van der Waals surface area contributed by atoms with Gasteiger partial charge in [-0.1, -0.05) is 30.3 Å². The maximum atomic E-state index is 11.0. The van der Waals surface area contributed by atoms with Crippen LogP contribution in [0.1, 0.15) is 23.6 Å². The molecular formula is C26H21N5O2. The fourth-order valence-corrected chi connectivity index (χ4v) is 4.26. The molecule has 3 aromatic rings. The van der Waals surface area contributed by atoms with Gasteiger partial charge in [0.05, 0.1) is 17.9 Å². The van der Waals surface area contributed by atoms with Gasteiger partial charge in [0.15, 0.2) is 0 Å². The van der Waals surface area contributed by atoms with Gasteiger partial charge in [0.25, 0.3) is 5.69 Å². The van der Waals surface area contributed by atoms with Gasteiger partial charge in [0, 0.05) is 56.2 Å². The van der Waals surface area contributed by atoms with E-state index in [4.69, 9.17) is 1.37 Å². The van der Waals surface area contributed by atoms with Crippen LogP contribution in [0.4, 0.5) is 11.5 Å². The molecule has 7 heteroatoms. The van der Waals surface area contributed by atoms with E-state index in [9.17, 15) is 15.4 Å². The fraction of sp³-hybridized carbons (Fsp3) is 0.154. The maximum Gasteiger partial charge on any atom is 0.269 e. The maximum absolute atomic E-state index is 11.0. The quantitative estimate of drug-likeness (QED) is 0.427. The third kappa shape index (κ3) is 4.25. The highest BCUT2D eigenvalue weighted by Gasteiger charge is 2.27. The fourth-order valence-electron chi connectivity index (χ4n) is 4.26. The monoisotopic (exact) mass is 436 g/mol. The van der Waals surface area contributed by atoms with Crippen molar-refractivity contribution in [3.63, 3.8) is 0 Å². The lowest BCUT2D eigenvalue weighted by atomic mass is 9.92. The van der Waals surface area contributed by atoms with Gasteiger partial charge in [-0.05, 0) is 46.5 Å². The average molecular weight is 436 g/mol. The SMILES string of the molecule is [2H]C1=C2CN(Cc3cccc(C#N)c3)CC=C2c2cccnc2N1Cc1ccc([N+](=O)[O-])cc1. The number of nitriles is 1. The molecule has 0 spiro atoms. The average Bonchev–Trinajstić information content (AvgIpc) is 2.87. The molecule has 0 unspecified atom stereocenters. The third-order valence-corrected chi connectivity index (χ3v) is 5.81. The summed E-state index contributed by atoms with van der Waals surface area (Å²) in [6, 6.07) is 20.1. The van der Waals surface area contributed by atoms with E-state index in [1.165, 1.54) is 12.1 Å². The van der Waals surface area contributed by atoms with E-state index in [0.717, 1.165) is 40.2 Å².